The summed E-state index contributed by atoms with van der Waals surface area (Å²) in [5.74, 6) is 0.729. The van der Waals surface area contributed by atoms with Gasteiger partial charge in [-0.15, -0.1) is 0 Å². The molecule has 1 aromatic rings. The van der Waals surface area contributed by atoms with Crippen molar-refractivity contribution in [2.45, 2.75) is 18.9 Å². The number of piperidine rings is 1. The molecule has 0 atom stereocenters. The number of nitriles is 1. The van der Waals surface area contributed by atoms with Gasteiger partial charge in [-0.2, -0.15) is 5.26 Å². The van der Waals surface area contributed by atoms with E-state index < -0.39 is 0 Å². The molecule has 1 N–H and O–H groups in total. The maximum atomic E-state index is 8.65. The molecule has 2 rings (SSSR count). The zero-order valence-corrected chi connectivity index (χ0v) is 12.2. The van der Waals surface area contributed by atoms with Crippen molar-refractivity contribution in [3.63, 3.8) is 0 Å². The van der Waals surface area contributed by atoms with E-state index in [0.717, 1.165) is 38.0 Å². The molecule has 6 heteroatoms. The van der Waals surface area contributed by atoms with E-state index in [1.165, 1.54) is 19.0 Å². The van der Waals surface area contributed by atoms with Gasteiger partial charge in [0.2, 0.25) is 0 Å². The molecule has 2 heterocycles. The number of aromatic nitrogens is 2. The van der Waals surface area contributed by atoms with Crippen LogP contribution >= 0.6 is 0 Å². The fraction of sp³-hybridized carbons (Fsp3) is 0.643. The molecule has 0 saturated carbocycles. The van der Waals surface area contributed by atoms with Gasteiger partial charge in [-0.25, -0.2) is 9.97 Å². The van der Waals surface area contributed by atoms with E-state index in [1.54, 1.807) is 6.20 Å². The molecule has 1 aromatic heterocycles. The molecule has 108 valence electrons. The molecule has 0 aromatic carbocycles. The van der Waals surface area contributed by atoms with Crippen LogP contribution < -0.4 is 5.32 Å². The maximum Gasteiger partial charge on any atom is 0.158 e. The molecular weight excluding hydrogens is 252 g/mol. The summed E-state index contributed by atoms with van der Waals surface area (Å²) in [7, 11) is 4.32. The van der Waals surface area contributed by atoms with E-state index in [1.807, 2.05) is 6.07 Å². The van der Waals surface area contributed by atoms with Crippen LogP contribution in [-0.2, 0) is 0 Å². The molecule has 1 saturated heterocycles. The summed E-state index contributed by atoms with van der Waals surface area (Å²) in [5.41, 5.74) is 0.348. The summed E-state index contributed by atoms with van der Waals surface area (Å²) < 4.78 is 0. The number of rotatable bonds is 5. The van der Waals surface area contributed by atoms with Gasteiger partial charge in [-0.05, 0) is 40.0 Å². The van der Waals surface area contributed by atoms with Crippen molar-refractivity contribution in [2.75, 3.05) is 45.6 Å². The highest BCUT2D eigenvalue weighted by molar-refractivity contribution is 5.32. The predicted molar refractivity (Wildman–Crippen MR) is 78.4 cm³/mol. The molecule has 1 aliphatic heterocycles. The van der Waals surface area contributed by atoms with Crippen LogP contribution in [0.15, 0.2) is 12.4 Å². The number of anilines is 1. The highest BCUT2D eigenvalue weighted by Crippen LogP contribution is 2.13. The first-order valence-electron chi connectivity index (χ1n) is 7.04. The lowest BCUT2D eigenvalue weighted by molar-refractivity contribution is 0.148. The Bertz CT molecular complexity index is 442. The lowest BCUT2D eigenvalue weighted by Crippen LogP contribution is -2.43. The van der Waals surface area contributed by atoms with Crippen molar-refractivity contribution < 1.29 is 0 Å². The van der Waals surface area contributed by atoms with E-state index in [4.69, 9.17) is 5.26 Å². The highest BCUT2D eigenvalue weighted by Gasteiger charge is 2.19. The van der Waals surface area contributed by atoms with Crippen molar-refractivity contribution in [1.82, 2.24) is 19.8 Å². The molecule has 6 nitrogen and oxygen atoms in total. The SMILES string of the molecule is CN(C)C1CCN(CCNc2cnc(C#N)cn2)CC1. The summed E-state index contributed by atoms with van der Waals surface area (Å²) in [6, 6.07) is 2.69. The summed E-state index contributed by atoms with van der Waals surface area (Å²) in [4.78, 5) is 12.9. The second kappa shape index (κ2) is 7.17. The zero-order valence-electron chi connectivity index (χ0n) is 12.2. The molecule has 0 radical (unpaired) electrons. The Labute approximate surface area is 120 Å². The van der Waals surface area contributed by atoms with Crippen LogP contribution in [0.3, 0.4) is 0 Å². The quantitative estimate of drug-likeness (QED) is 0.856. The van der Waals surface area contributed by atoms with Gasteiger partial charge in [0.1, 0.15) is 11.9 Å². The minimum Gasteiger partial charge on any atom is -0.368 e. The summed E-state index contributed by atoms with van der Waals surface area (Å²) in [6.45, 7) is 4.18. The van der Waals surface area contributed by atoms with Gasteiger partial charge in [0.25, 0.3) is 0 Å². The van der Waals surface area contributed by atoms with Gasteiger partial charge in [0, 0.05) is 19.1 Å². The fourth-order valence-corrected chi connectivity index (χ4v) is 2.48. The Kier molecular flexibility index (Phi) is 5.27. The first-order chi connectivity index (χ1) is 9.69. The highest BCUT2D eigenvalue weighted by atomic mass is 15.2. The standard InChI is InChI=1S/C14H22N6/c1-19(2)13-3-6-20(7-4-13)8-5-16-14-11-17-12(9-15)10-18-14/h10-11,13H,3-8H2,1-2H3,(H,16,18). The molecule has 0 spiro atoms. The molecule has 1 aliphatic rings. The van der Waals surface area contributed by atoms with Gasteiger partial charge < -0.3 is 15.1 Å². The van der Waals surface area contributed by atoms with Crippen LogP contribution in [0.4, 0.5) is 5.82 Å². The number of likely N-dealkylation sites (tertiary alicyclic amines) is 1. The molecule has 20 heavy (non-hydrogen) atoms. The number of hydrogen-bond donors (Lipinski definition) is 1. The van der Waals surface area contributed by atoms with Crippen molar-refractivity contribution in [2.24, 2.45) is 0 Å². The Morgan fingerprint density at radius 2 is 2.10 bits per heavy atom. The summed E-state index contributed by atoms with van der Waals surface area (Å²) in [5, 5.41) is 11.9. The lowest BCUT2D eigenvalue weighted by Gasteiger charge is -2.35. The minimum absolute atomic E-state index is 0.348. The Hall–Kier alpha value is -1.71. The maximum absolute atomic E-state index is 8.65. The first-order valence-corrected chi connectivity index (χ1v) is 7.04. The average Bonchev–Trinajstić information content (AvgIpc) is 2.48. The van der Waals surface area contributed by atoms with Crippen molar-refractivity contribution >= 4 is 5.82 Å². The van der Waals surface area contributed by atoms with Crippen LogP contribution in [0.2, 0.25) is 0 Å². The van der Waals surface area contributed by atoms with Crippen LogP contribution in [0, 0.1) is 11.3 Å². The number of nitrogens with zero attached hydrogens (tertiary/aromatic N) is 5. The third-order valence-electron chi connectivity index (χ3n) is 3.79. The minimum atomic E-state index is 0.348. The van der Waals surface area contributed by atoms with Crippen molar-refractivity contribution in [3.05, 3.63) is 18.1 Å². The molecule has 0 amide bonds. The molecule has 1 fully saturated rings. The van der Waals surface area contributed by atoms with Crippen molar-refractivity contribution in [1.29, 1.82) is 5.26 Å². The number of hydrogen-bond acceptors (Lipinski definition) is 6. The monoisotopic (exact) mass is 274 g/mol. The summed E-state index contributed by atoms with van der Waals surface area (Å²) >= 11 is 0. The topological polar surface area (TPSA) is 68.1 Å². The second-order valence-corrected chi connectivity index (χ2v) is 5.36. The van der Waals surface area contributed by atoms with Crippen LogP contribution in [0.1, 0.15) is 18.5 Å². The molecule has 0 aliphatic carbocycles. The van der Waals surface area contributed by atoms with E-state index in [9.17, 15) is 0 Å². The normalized spacial score (nSPS) is 17.1. The molecule has 0 unspecified atom stereocenters. The molecule has 0 bridgehead atoms. The van der Waals surface area contributed by atoms with Crippen LogP contribution in [0.5, 0.6) is 0 Å². The van der Waals surface area contributed by atoms with E-state index in [0.29, 0.717) is 5.69 Å². The van der Waals surface area contributed by atoms with E-state index in [2.05, 4.69) is 39.2 Å². The Morgan fingerprint density at radius 1 is 1.35 bits per heavy atom. The zero-order chi connectivity index (χ0) is 14.4. The van der Waals surface area contributed by atoms with Crippen LogP contribution in [0.25, 0.3) is 0 Å². The smallest absolute Gasteiger partial charge is 0.158 e. The predicted octanol–water partition coefficient (Wildman–Crippen LogP) is 0.786. The van der Waals surface area contributed by atoms with Crippen molar-refractivity contribution in [3.8, 4) is 6.07 Å². The average molecular weight is 274 g/mol. The Balaban J connectivity index is 1.67. The first kappa shape index (κ1) is 14.7. The Morgan fingerprint density at radius 3 is 2.65 bits per heavy atom. The van der Waals surface area contributed by atoms with Gasteiger partial charge in [-0.3, -0.25) is 0 Å². The number of nitrogens with one attached hydrogen (secondary N) is 1. The van der Waals surface area contributed by atoms with Gasteiger partial charge in [0.05, 0.1) is 12.4 Å². The summed E-state index contributed by atoms with van der Waals surface area (Å²) in [6.07, 6.45) is 5.58. The van der Waals surface area contributed by atoms with Gasteiger partial charge in [-0.1, -0.05) is 0 Å². The van der Waals surface area contributed by atoms with Gasteiger partial charge in [0.15, 0.2) is 5.69 Å². The van der Waals surface area contributed by atoms with Gasteiger partial charge >= 0.3 is 0 Å². The largest absolute Gasteiger partial charge is 0.368 e. The third-order valence-corrected chi connectivity index (χ3v) is 3.79. The lowest BCUT2D eigenvalue weighted by atomic mass is 10.0. The fourth-order valence-electron chi connectivity index (χ4n) is 2.48. The van der Waals surface area contributed by atoms with E-state index in [-0.39, 0.29) is 0 Å². The van der Waals surface area contributed by atoms with Crippen LogP contribution in [-0.4, -0.2) is 66.1 Å². The third kappa shape index (κ3) is 4.15. The second-order valence-electron chi connectivity index (χ2n) is 5.36. The molecular formula is C14H22N6. The van der Waals surface area contributed by atoms with E-state index >= 15 is 0 Å².